The molecule has 18 aromatic rings. The van der Waals surface area contributed by atoms with E-state index in [0.717, 1.165) is 92.0 Å². The van der Waals surface area contributed by atoms with E-state index < -0.39 is 5.92 Å². The Morgan fingerprint density at radius 2 is 0.518 bits per heavy atom. The topological polar surface area (TPSA) is 142 Å². The van der Waals surface area contributed by atoms with Crippen LogP contribution >= 0.6 is 0 Å². The summed E-state index contributed by atoms with van der Waals surface area (Å²) in [5.41, 5.74) is 9.90. The van der Waals surface area contributed by atoms with Crippen LogP contribution in [0, 0.1) is 0 Å². The van der Waals surface area contributed by atoms with Crippen molar-refractivity contribution < 1.29 is 57.1 Å². The molecule has 21 rings (SSSR count). The van der Waals surface area contributed by atoms with Crippen LogP contribution in [-0.2, 0) is 89.8 Å². The molecular weight excluding hydrogens is 1820 g/mol. The van der Waals surface area contributed by atoms with Crippen molar-refractivity contribution in [1.82, 2.24) is 0 Å². The van der Waals surface area contributed by atoms with Gasteiger partial charge in [-0.1, -0.05) is 279 Å². The van der Waals surface area contributed by atoms with Crippen LogP contribution in [0.25, 0.3) is 27.5 Å². The van der Waals surface area contributed by atoms with E-state index >= 15 is 0 Å². The van der Waals surface area contributed by atoms with E-state index in [0.29, 0.717) is 37.6 Å². The van der Waals surface area contributed by atoms with Crippen molar-refractivity contribution in [2.24, 2.45) is 0 Å². The van der Waals surface area contributed by atoms with E-state index in [1.165, 1.54) is 64.3 Å². The number of rotatable bonds is 32. The second kappa shape index (κ2) is 48.6. The largest absolute Gasteiger partial charge is 0.490 e. The lowest BCUT2D eigenvalue weighted by Crippen LogP contribution is -2.18. The van der Waals surface area contributed by atoms with Gasteiger partial charge in [0.2, 0.25) is 0 Å². The van der Waals surface area contributed by atoms with E-state index in [4.69, 9.17) is 37.9 Å². The standard InChI is InChI=1S/C34H27O3S.C31H25O3S.C30H27O3S.C30H25O3S/c35-34(33-31-17-9-7-15-29(31)30-16-8-10-18-32(30)33)37-24-23-36-25-19-21-28(22-20-25)38(26-11-3-1-4-12-26)27-13-5-2-6-14-27;32-31(26-16-15-24-9-7-8-10-25(24)23-26)34-22-21-33-27-17-19-30(20-18-27)35(28-11-3-1-4-12-28)29-13-5-2-6-14-29;2*31-30(29-20-15-23-9-7-8-14-28(23)29)33-22-21-32-24-16-18-27(19-17-24)34(25-10-3-1-4-11-25)26-12-5-2-6-13-26/h1-22,33H,23-24H2;1-20,23H,21-22H2;1-14,16-19,29H,15,20-22H2;1-14,16-20H,15,21-22H2/q4*+1. The highest BCUT2D eigenvalue weighted by atomic mass is 32.2. The van der Waals surface area contributed by atoms with Crippen molar-refractivity contribution >= 4 is 83.8 Å². The molecule has 1 atom stereocenters. The van der Waals surface area contributed by atoms with Gasteiger partial charge in [-0.25, -0.2) is 9.59 Å². The Balaban J connectivity index is 0.000000124. The highest BCUT2D eigenvalue weighted by Gasteiger charge is 2.37. The van der Waals surface area contributed by atoms with Crippen LogP contribution < -0.4 is 18.9 Å². The summed E-state index contributed by atoms with van der Waals surface area (Å²) in [6.45, 7) is 2.07. The number of esters is 4. The van der Waals surface area contributed by atoms with Crippen LogP contribution in [-0.4, -0.2) is 76.7 Å². The van der Waals surface area contributed by atoms with Gasteiger partial charge in [-0.05, 0) is 281 Å². The average Bonchev–Trinajstić information content (AvgIpc) is 1.60. The van der Waals surface area contributed by atoms with Gasteiger partial charge in [0.15, 0.2) is 58.7 Å². The van der Waals surface area contributed by atoms with E-state index in [9.17, 15) is 19.2 Å². The molecule has 0 saturated carbocycles. The van der Waals surface area contributed by atoms with Gasteiger partial charge < -0.3 is 37.9 Å². The Hall–Kier alpha value is -15.6. The molecule has 3 aliphatic rings. The SMILES string of the molecule is O=C(OCCOc1ccc([S+](c2ccccc2)c2ccccc2)cc1)C1=CCc2ccccc21.O=C(OCCOc1ccc([S+](c2ccccc2)c2ccccc2)cc1)C1CCc2ccccc21.O=C(OCCOc1ccc([S+](c2ccccc2)c2ccccc2)cc1)C1c2ccccc2-c2ccccc21.O=C(OCCOc1ccc([S+](c2ccccc2)c2ccccc2)cc1)c1ccc2ccccc2c1. The molecule has 3 aliphatic carbocycles. The third kappa shape index (κ3) is 24.8. The van der Waals surface area contributed by atoms with Crippen LogP contribution in [0.2, 0.25) is 0 Å². The summed E-state index contributed by atoms with van der Waals surface area (Å²) >= 11 is 0. The first-order chi connectivity index (χ1) is 69.7. The molecule has 18 aromatic carbocycles. The van der Waals surface area contributed by atoms with Gasteiger partial charge in [0, 0.05) is 0 Å². The summed E-state index contributed by atoms with van der Waals surface area (Å²) in [6, 6.07) is 163. The lowest BCUT2D eigenvalue weighted by Gasteiger charge is -2.14. The van der Waals surface area contributed by atoms with Crippen molar-refractivity contribution in [2.75, 3.05) is 52.9 Å². The second-order valence-electron chi connectivity index (χ2n) is 33.1. The van der Waals surface area contributed by atoms with Gasteiger partial charge in [0.1, 0.15) is 81.8 Å². The maximum Gasteiger partial charge on any atom is 0.338 e. The summed E-state index contributed by atoms with van der Waals surface area (Å²) in [5.74, 6) is 1.47. The second-order valence-corrected chi connectivity index (χ2v) is 41.2. The fourth-order valence-corrected chi connectivity index (χ4v) is 25.6. The molecule has 0 fully saturated rings. The molecule has 0 N–H and O–H groups in total. The zero-order chi connectivity index (χ0) is 95.9. The predicted molar refractivity (Wildman–Crippen MR) is 564 cm³/mol. The van der Waals surface area contributed by atoms with Crippen molar-refractivity contribution in [2.45, 2.75) is 89.8 Å². The average molecular weight is 1930 g/mol. The number of fused-ring (bicyclic) bond motifs is 6. The van der Waals surface area contributed by atoms with Gasteiger partial charge in [0.25, 0.3) is 0 Å². The summed E-state index contributed by atoms with van der Waals surface area (Å²) in [7, 11) is -0.760. The maximum absolute atomic E-state index is 13.1. The number of carbonyl (C=O) groups excluding carboxylic acids is 4. The lowest BCUT2D eigenvalue weighted by atomic mass is 9.97. The molecular formula is C125H104O12S4+4. The number of allylic oxidation sites excluding steroid dienone is 1. The number of benzene rings is 18. The van der Waals surface area contributed by atoms with E-state index in [-0.39, 0.29) is 99.8 Å². The quantitative estimate of drug-likeness (QED) is 0.0171. The maximum atomic E-state index is 13.1. The van der Waals surface area contributed by atoms with Gasteiger partial charge >= 0.3 is 23.9 Å². The molecule has 0 bridgehead atoms. The van der Waals surface area contributed by atoms with E-state index in [1.54, 1.807) is 6.07 Å². The third-order valence-corrected chi connectivity index (χ3v) is 32.9. The smallest absolute Gasteiger partial charge is 0.338 e. The summed E-state index contributed by atoms with van der Waals surface area (Å²) in [6.07, 6.45) is 4.47. The fourth-order valence-electron chi connectivity index (χ4n) is 17.3. The zero-order valence-corrected chi connectivity index (χ0v) is 80.9. The van der Waals surface area contributed by atoms with Crippen LogP contribution in [0.1, 0.15) is 62.0 Å². The number of carbonyl (C=O) groups is 4. The van der Waals surface area contributed by atoms with Gasteiger partial charge in [-0.2, -0.15) is 0 Å². The van der Waals surface area contributed by atoms with Crippen LogP contribution in [0.3, 0.4) is 0 Å². The molecule has 0 amide bonds. The molecule has 12 nitrogen and oxygen atoms in total. The Labute approximate surface area is 835 Å². The predicted octanol–water partition coefficient (Wildman–Crippen LogP) is 27.5. The molecule has 16 heteroatoms. The monoisotopic (exact) mass is 1920 g/mol. The van der Waals surface area contributed by atoms with Gasteiger partial charge in [-0.3, -0.25) is 9.59 Å². The first kappa shape index (κ1) is 95.7. The summed E-state index contributed by atoms with van der Waals surface area (Å²) in [4.78, 5) is 65.6. The summed E-state index contributed by atoms with van der Waals surface area (Å²) < 4.78 is 45.5. The molecule has 0 aliphatic heterocycles. The number of ether oxygens (including phenoxy) is 8. The zero-order valence-electron chi connectivity index (χ0n) is 77.7. The summed E-state index contributed by atoms with van der Waals surface area (Å²) in [5, 5.41) is 2.11. The highest BCUT2D eigenvalue weighted by Crippen LogP contribution is 2.46. The normalized spacial score (nSPS) is 12.4. The van der Waals surface area contributed by atoms with E-state index in [1.807, 2.05) is 218 Å². The van der Waals surface area contributed by atoms with Crippen molar-refractivity contribution in [3.63, 3.8) is 0 Å². The van der Waals surface area contributed by atoms with Gasteiger partial charge in [0.05, 0.1) is 60.6 Å². The number of hydrogen-bond acceptors (Lipinski definition) is 12. The molecule has 0 radical (unpaired) electrons. The Bertz CT molecular complexity index is 6950. The Morgan fingerprint density at radius 1 is 0.234 bits per heavy atom. The molecule has 0 spiro atoms. The van der Waals surface area contributed by atoms with Crippen molar-refractivity contribution in [3.05, 3.63) is 524 Å². The minimum Gasteiger partial charge on any atom is -0.490 e. The molecule has 0 aromatic heterocycles. The van der Waals surface area contributed by atoms with Crippen molar-refractivity contribution in [1.29, 1.82) is 0 Å². The first-order valence-electron chi connectivity index (χ1n) is 47.2. The van der Waals surface area contributed by atoms with Crippen molar-refractivity contribution in [3.8, 4) is 34.1 Å². The Kier molecular flexibility index (Phi) is 33.0. The molecule has 0 heterocycles. The third-order valence-electron chi connectivity index (χ3n) is 24.0. The molecule has 141 heavy (non-hydrogen) atoms. The highest BCUT2D eigenvalue weighted by molar-refractivity contribution is 7.98. The minimum absolute atomic E-state index is 0.149. The lowest BCUT2D eigenvalue weighted by molar-refractivity contribution is -0.146. The number of aryl methyl sites for hydroxylation is 1. The van der Waals surface area contributed by atoms with Gasteiger partial charge in [-0.15, -0.1) is 0 Å². The first-order valence-corrected chi connectivity index (χ1v) is 52.1. The molecule has 696 valence electrons. The molecule has 0 saturated heterocycles. The minimum atomic E-state index is -0.393. The van der Waals surface area contributed by atoms with Crippen LogP contribution in [0.15, 0.2) is 544 Å². The Morgan fingerprint density at radius 3 is 0.887 bits per heavy atom. The van der Waals surface area contributed by atoms with E-state index in [2.05, 4.69) is 261 Å². The molecule has 1 unspecified atom stereocenters. The van der Waals surface area contributed by atoms with Crippen LogP contribution in [0.4, 0.5) is 0 Å². The fraction of sp³-hybridized carbons (Fsp3) is 0.104. The number of hydrogen-bond donors (Lipinski definition) is 0. The van der Waals surface area contributed by atoms with Crippen LogP contribution in [0.5, 0.6) is 23.0 Å².